The molecule has 174 valence electrons. The summed E-state index contributed by atoms with van der Waals surface area (Å²) in [6.45, 7) is 11.9. The van der Waals surface area contributed by atoms with Gasteiger partial charge in [0, 0.05) is 0 Å². The third-order valence-electron chi connectivity index (χ3n) is 5.08. The molecule has 0 unspecified atom stereocenters. The second-order valence-corrected chi connectivity index (χ2v) is 10.2. The van der Waals surface area contributed by atoms with Crippen molar-refractivity contribution in [3.05, 3.63) is 9.50 Å². The number of aromatic nitrogens is 2. The molecule has 0 fully saturated rings. The molecule has 0 aliphatic carbocycles. The summed E-state index contributed by atoms with van der Waals surface area (Å²) in [4.78, 5) is 37.9. The topological polar surface area (TPSA) is 90.5 Å². The van der Waals surface area contributed by atoms with Gasteiger partial charge in [-0.1, -0.05) is 62.0 Å². The van der Waals surface area contributed by atoms with E-state index in [4.69, 9.17) is 11.6 Å². The van der Waals surface area contributed by atoms with Crippen molar-refractivity contribution in [2.24, 2.45) is 0 Å². The number of amides is 2. The van der Waals surface area contributed by atoms with Crippen LogP contribution in [0.5, 0.6) is 0 Å². The molecule has 1 aromatic carbocycles. The highest BCUT2D eigenvalue weighted by Crippen LogP contribution is 2.45. The van der Waals surface area contributed by atoms with E-state index in [-0.39, 0.29) is 11.8 Å². The van der Waals surface area contributed by atoms with Gasteiger partial charge in [0.05, 0.1) is 32.0 Å². The maximum atomic E-state index is 12.4. The Morgan fingerprint density at radius 3 is 1.56 bits per heavy atom. The van der Waals surface area contributed by atoms with Crippen molar-refractivity contribution in [3.63, 3.8) is 0 Å². The van der Waals surface area contributed by atoms with Crippen LogP contribution in [-0.4, -0.2) is 70.9 Å². The number of carbonyl (C=O) groups excluding carboxylic acids is 2. The third kappa shape index (κ3) is 5.57. The molecule has 0 atom stereocenters. The highest BCUT2D eigenvalue weighted by Gasteiger charge is 2.21. The zero-order valence-electron chi connectivity index (χ0n) is 18.4. The lowest BCUT2D eigenvalue weighted by molar-refractivity contribution is -0.118. The first kappa shape index (κ1) is 25.3. The Hall–Kier alpha value is -1.37. The summed E-state index contributed by atoms with van der Waals surface area (Å²) in [5, 5.41) is 7.23. The van der Waals surface area contributed by atoms with E-state index < -0.39 is 0 Å². The number of rotatable bonds is 10. The maximum Gasteiger partial charge on any atom is 0.240 e. The fourth-order valence-corrected chi connectivity index (χ4v) is 6.35. The van der Waals surface area contributed by atoms with Crippen LogP contribution < -0.4 is 10.6 Å². The summed E-state index contributed by atoms with van der Waals surface area (Å²) in [6.07, 6.45) is 0. The molecule has 0 saturated carbocycles. The number of carbonyl (C=O) groups is 2. The molecule has 0 radical (unpaired) electrons. The highest BCUT2D eigenvalue weighted by atomic mass is 79.9. The van der Waals surface area contributed by atoms with Gasteiger partial charge >= 0.3 is 0 Å². The summed E-state index contributed by atoms with van der Waals surface area (Å²) in [7, 11) is 0. The van der Waals surface area contributed by atoms with Crippen LogP contribution in [-0.2, 0) is 9.59 Å². The van der Waals surface area contributed by atoms with Crippen molar-refractivity contribution in [2.45, 2.75) is 27.7 Å². The van der Waals surface area contributed by atoms with Crippen LogP contribution in [0, 0.1) is 0 Å². The fraction of sp³-hybridized carbons (Fsp3) is 0.500. The van der Waals surface area contributed by atoms with Gasteiger partial charge in [-0.3, -0.25) is 19.4 Å². The molecule has 2 aromatic heterocycles. The van der Waals surface area contributed by atoms with Crippen LogP contribution in [0.2, 0.25) is 5.02 Å². The molecular formula is C20H26BrClN6O2S2. The number of hydrogen-bond acceptors (Lipinski definition) is 8. The molecule has 2 N–H and O–H groups in total. The van der Waals surface area contributed by atoms with Crippen LogP contribution in [0.25, 0.3) is 20.4 Å². The Labute approximate surface area is 208 Å². The van der Waals surface area contributed by atoms with Crippen molar-refractivity contribution >= 4 is 92.7 Å². The van der Waals surface area contributed by atoms with Crippen molar-refractivity contribution in [3.8, 4) is 0 Å². The first-order valence-electron chi connectivity index (χ1n) is 10.4. The van der Waals surface area contributed by atoms with E-state index in [1.54, 1.807) is 0 Å². The molecule has 3 rings (SSSR count). The lowest BCUT2D eigenvalue weighted by atomic mass is 10.3. The molecule has 0 bridgehead atoms. The van der Waals surface area contributed by atoms with Crippen molar-refractivity contribution in [2.75, 3.05) is 49.9 Å². The van der Waals surface area contributed by atoms with Gasteiger partial charge in [0.1, 0.15) is 11.0 Å². The van der Waals surface area contributed by atoms with Gasteiger partial charge in [0.15, 0.2) is 10.3 Å². The van der Waals surface area contributed by atoms with E-state index in [9.17, 15) is 9.59 Å². The maximum absolute atomic E-state index is 12.4. The second-order valence-electron chi connectivity index (χ2n) is 7.04. The molecule has 32 heavy (non-hydrogen) atoms. The van der Waals surface area contributed by atoms with E-state index >= 15 is 0 Å². The highest BCUT2D eigenvalue weighted by molar-refractivity contribution is 9.10. The van der Waals surface area contributed by atoms with Crippen LogP contribution in [0.1, 0.15) is 27.7 Å². The van der Waals surface area contributed by atoms with E-state index in [2.05, 4.69) is 36.5 Å². The molecule has 0 aliphatic rings. The number of thiazole rings is 2. The van der Waals surface area contributed by atoms with Crippen LogP contribution in [0.15, 0.2) is 4.47 Å². The van der Waals surface area contributed by atoms with E-state index in [1.807, 2.05) is 37.5 Å². The third-order valence-corrected chi connectivity index (χ3v) is 8.41. The van der Waals surface area contributed by atoms with Crippen molar-refractivity contribution in [1.29, 1.82) is 0 Å². The number of likely N-dealkylation sites (N-methyl/N-ethyl adjacent to an activating group) is 2. The van der Waals surface area contributed by atoms with Crippen molar-refractivity contribution in [1.82, 2.24) is 19.8 Å². The summed E-state index contributed by atoms with van der Waals surface area (Å²) in [5.74, 6) is -0.226. The average Bonchev–Trinajstić information content (AvgIpc) is 3.39. The number of fused-ring (bicyclic) bond motifs is 2. The summed E-state index contributed by atoms with van der Waals surface area (Å²) >= 11 is 12.9. The normalized spacial score (nSPS) is 11.8. The molecule has 3 aromatic rings. The number of nitrogens with zero attached hydrogens (tertiary/aromatic N) is 4. The Morgan fingerprint density at radius 2 is 1.22 bits per heavy atom. The number of halogens is 2. The summed E-state index contributed by atoms with van der Waals surface area (Å²) < 4.78 is 2.20. The van der Waals surface area contributed by atoms with Gasteiger partial charge < -0.3 is 10.6 Å². The molecule has 0 saturated heterocycles. The molecule has 2 heterocycles. The minimum Gasteiger partial charge on any atom is -0.301 e. The Balaban J connectivity index is 1.85. The Bertz CT molecular complexity index is 986. The lowest BCUT2D eigenvalue weighted by Gasteiger charge is -2.16. The van der Waals surface area contributed by atoms with Crippen molar-refractivity contribution < 1.29 is 9.59 Å². The molecule has 2 amide bonds. The SMILES string of the molecule is CCN(CC)CC(=O)Nc1nc2c(Br)c3nc(NC(=O)CN(CC)CC)sc3c(Cl)c2s1. The van der Waals surface area contributed by atoms with Crippen LogP contribution >= 0.6 is 50.2 Å². The molecule has 12 heteroatoms. The zero-order valence-corrected chi connectivity index (χ0v) is 22.4. The largest absolute Gasteiger partial charge is 0.301 e. The van der Waals surface area contributed by atoms with Crippen LogP contribution in [0.3, 0.4) is 0 Å². The lowest BCUT2D eigenvalue weighted by Crippen LogP contribution is -2.32. The molecule has 8 nitrogen and oxygen atoms in total. The number of benzene rings is 1. The predicted molar refractivity (Wildman–Crippen MR) is 138 cm³/mol. The number of nitrogens with one attached hydrogen (secondary N) is 2. The predicted octanol–water partition coefficient (Wildman–Crippen LogP) is 4.88. The first-order chi connectivity index (χ1) is 15.3. The van der Waals surface area contributed by atoms with E-state index in [0.717, 1.165) is 35.6 Å². The van der Waals surface area contributed by atoms with E-state index in [0.29, 0.717) is 43.9 Å². The van der Waals surface area contributed by atoms with Gasteiger partial charge in [0.25, 0.3) is 0 Å². The summed E-state index contributed by atoms with van der Waals surface area (Å²) in [5.41, 5.74) is 1.27. The van der Waals surface area contributed by atoms with Crippen LogP contribution in [0.4, 0.5) is 10.3 Å². The first-order valence-corrected chi connectivity index (χ1v) is 13.2. The van der Waals surface area contributed by atoms with Gasteiger partial charge in [0.2, 0.25) is 11.8 Å². The second kappa shape index (κ2) is 11.2. The minimum absolute atomic E-state index is 0.113. The van der Waals surface area contributed by atoms with Gasteiger partial charge in [-0.25, -0.2) is 9.97 Å². The zero-order chi connectivity index (χ0) is 23.4. The Morgan fingerprint density at radius 1 is 0.844 bits per heavy atom. The summed E-state index contributed by atoms with van der Waals surface area (Å²) in [6, 6.07) is 0. The number of hydrogen-bond donors (Lipinski definition) is 2. The van der Waals surface area contributed by atoms with E-state index in [1.165, 1.54) is 22.7 Å². The van der Waals surface area contributed by atoms with Gasteiger partial charge in [-0.05, 0) is 42.1 Å². The number of anilines is 2. The average molecular weight is 562 g/mol. The monoisotopic (exact) mass is 560 g/mol. The minimum atomic E-state index is -0.113. The molecular weight excluding hydrogens is 536 g/mol. The quantitative estimate of drug-likeness (QED) is 0.367. The van der Waals surface area contributed by atoms with Gasteiger partial charge in [-0.2, -0.15) is 0 Å². The fourth-order valence-electron chi connectivity index (χ4n) is 3.18. The van der Waals surface area contributed by atoms with Gasteiger partial charge in [-0.15, -0.1) is 0 Å². The standard InChI is InChI=1S/C20H26BrClN6O2S2/c1-5-27(6-2)9-11(29)23-19-25-15-13(21)16-18(14(22)17(15)31-19)32-20(26-16)24-12(30)10-28(7-3)8-4/h5-10H2,1-4H3,(H,23,25,29)(H,24,26,30). The molecule has 0 aliphatic heterocycles. The smallest absolute Gasteiger partial charge is 0.240 e. The Kier molecular flexibility index (Phi) is 8.82. The molecule has 0 spiro atoms.